The second kappa shape index (κ2) is 3.98. The summed E-state index contributed by atoms with van der Waals surface area (Å²) in [6, 6.07) is 0.624. The molecule has 2 unspecified atom stereocenters. The number of rotatable bonds is 3. The largest absolute Gasteiger partial charge is 0.478 e. The molecule has 0 aromatic heterocycles. The number of hydrogen-bond acceptors (Lipinski definition) is 4. The Hall–Kier alpha value is -1.06. The number of ether oxygens (including phenoxy) is 2. The van der Waals surface area contributed by atoms with Crippen molar-refractivity contribution in [3.8, 4) is 0 Å². The van der Waals surface area contributed by atoms with Gasteiger partial charge in [0.1, 0.15) is 13.2 Å². The van der Waals surface area contributed by atoms with Crippen LogP contribution >= 0.6 is 0 Å². The Balaban J connectivity index is 1.89. The first kappa shape index (κ1) is 9.49. The van der Waals surface area contributed by atoms with Gasteiger partial charge in [0.05, 0.1) is 18.5 Å². The Morgan fingerprint density at radius 2 is 1.93 bits per heavy atom. The van der Waals surface area contributed by atoms with Gasteiger partial charge in [-0.1, -0.05) is 6.92 Å². The van der Waals surface area contributed by atoms with Gasteiger partial charge >= 0.3 is 0 Å². The van der Waals surface area contributed by atoms with Crippen molar-refractivity contribution in [3.05, 3.63) is 0 Å². The lowest BCUT2D eigenvalue weighted by Gasteiger charge is -2.00. The van der Waals surface area contributed by atoms with E-state index in [0.717, 1.165) is 18.2 Å². The molecule has 0 N–H and O–H groups in total. The molecule has 0 saturated carbocycles. The van der Waals surface area contributed by atoms with Gasteiger partial charge in [0.2, 0.25) is 0 Å². The van der Waals surface area contributed by atoms with Crippen molar-refractivity contribution >= 4 is 11.8 Å². The van der Waals surface area contributed by atoms with Crippen molar-refractivity contribution in [3.63, 3.8) is 0 Å². The Morgan fingerprint density at radius 1 is 1.21 bits per heavy atom. The van der Waals surface area contributed by atoms with Crippen LogP contribution in [0, 0.1) is 0 Å². The fourth-order valence-corrected chi connectivity index (χ4v) is 1.54. The van der Waals surface area contributed by atoms with E-state index in [1.807, 2.05) is 6.92 Å². The first-order valence-corrected chi connectivity index (χ1v) is 5.17. The Bertz CT molecular complexity index is 273. The van der Waals surface area contributed by atoms with Gasteiger partial charge in [-0.25, -0.2) is 9.98 Å². The highest BCUT2D eigenvalue weighted by molar-refractivity contribution is 5.98. The molecule has 0 aromatic rings. The van der Waals surface area contributed by atoms with Crippen LogP contribution in [0.5, 0.6) is 0 Å². The summed E-state index contributed by atoms with van der Waals surface area (Å²) in [7, 11) is 0. The number of nitrogens with zero attached hydrogens (tertiary/aromatic N) is 2. The molecule has 0 radical (unpaired) electrons. The molecule has 2 heterocycles. The van der Waals surface area contributed by atoms with Crippen molar-refractivity contribution in [2.45, 2.75) is 38.8 Å². The molecule has 4 heteroatoms. The van der Waals surface area contributed by atoms with Crippen molar-refractivity contribution in [1.82, 2.24) is 0 Å². The lowest BCUT2D eigenvalue weighted by molar-refractivity contribution is 0.299. The van der Waals surface area contributed by atoms with Crippen molar-refractivity contribution in [1.29, 1.82) is 0 Å². The van der Waals surface area contributed by atoms with E-state index in [2.05, 4.69) is 16.9 Å². The van der Waals surface area contributed by atoms with Crippen LogP contribution < -0.4 is 0 Å². The van der Waals surface area contributed by atoms with E-state index in [-0.39, 0.29) is 6.04 Å². The molecule has 0 bridgehead atoms. The van der Waals surface area contributed by atoms with Crippen LogP contribution in [-0.2, 0) is 9.47 Å². The summed E-state index contributed by atoms with van der Waals surface area (Å²) in [5.74, 6) is 1.55. The molecule has 0 saturated heterocycles. The molecule has 2 aliphatic heterocycles. The summed E-state index contributed by atoms with van der Waals surface area (Å²) in [4.78, 5) is 8.77. The first-order chi connectivity index (χ1) is 6.78. The first-order valence-electron chi connectivity index (χ1n) is 5.17. The van der Waals surface area contributed by atoms with Gasteiger partial charge in [-0.05, 0) is 13.3 Å². The molecule has 4 nitrogen and oxygen atoms in total. The number of hydrogen-bond donors (Lipinski definition) is 0. The monoisotopic (exact) mass is 196 g/mol. The average molecular weight is 196 g/mol. The van der Waals surface area contributed by atoms with E-state index in [9.17, 15) is 0 Å². The zero-order chi connectivity index (χ0) is 9.97. The fourth-order valence-electron chi connectivity index (χ4n) is 1.54. The second-order valence-corrected chi connectivity index (χ2v) is 3.76. The van der Waals surface area contributed by atoms with E-state index in [0.29, 0.717) is 25.7 Å². The molecule has 0 fully saturated rings. The quantitative estimate of drug-likeness (QED) is 0.684. The van der Waals surface area contributed by atoms with E-state index in [4.69, 9.17) is 9.47 Å². The fraction of sp³-hybridized carbons (Fsp3) is 0.800. The van der Waals surface area contributed by atoms with Crippen LogP contribution in [0.25, 0.3) is 0 Å². The van der Waals surface area contributed by atoms with Gasteiger partial charge < -0.3 is 9.47 Å². The zero-order valence-electron chi connectivity index (χ0n) is 8.69. The third kappa shape index (κ3) is 2.05. The minimum atomic E-state index is 0.286. The summed E-state index contributed by atoms with van der Waals surface area (Å²) in [5, 5.41) is 0. The molecule has 0 aliphatic carbocycles. The second-order valence-electron chi connectivity index (χ2n) is 3.76. The van der Waals surface area contributed by atoms with E-state index in [1.165, 1.54) is 0 Å². The molecule has 2 atom stereocenters. The predicted octanol–water partition coefficient (Wildman–Crippen LogP) is 1.40. The summed E-state index contributed by atoms with van der Waals surface area (Å²) in [5.41, 5.74) is 0. The molecule has 0 aromatic carbocycles. The molecule has 14 heavy (non-hydrogen) atoms. The molecule has 0 amide bonds. The van der Waals surface area contributed by atoms with Crippen LogP contribution in [0.2, 0.25) is 0 Å². The highest BCUT2D eigenvalue weighted by atomic mass is 16.5. The Morgan fingerprint density at radius 3 is 2.50 bits per heavy atom. The van der Waals surface area contributed by atoms with Gasteiger partial charge in [-0.15, -0.1) is 0 Å². The van der Waals surface area contributed by atoms with Crippen molar-refractivity contribution < 1.29 is 9.47 Å². The normalized spacial score (nSPS) is 30.7. The molecular weight excluding hydrogens is 180 g/mol. The molecule has 78 valence electrons. The standard InChI is InChI=1S/C10H16N2O2/c1-3-8-6-14-10(12-8)4-9-11-7(2)5-13-9/h7-8H,3-6H2,1-2H3. The van der Waals surface area contributed by atoms with Crippen molar-refractivity contribution in [2.24, 2.45) is 9.98 Å². The Kier molecular flexibility index (Phi) is 2.70. The summed E-state index contributed by atoms with van der Waals surface area (Å²) in [6.45, 7) is 5.57. The van der Waals surface area contributed by atoms with Crippen LogP contribution in [0.1, 0.15) is 26.7 Å². The lowest BCUT2D eigenvalue weighted by Crippen LogP contribution is -2.08. The lowest BCUT2D eigenvalue weighted by atomic mass is 10.3. The summed E-state index contributed by atoms with van der Waals surface area (Å²) < 4.78 is 10.8. The van der Waals surface area contributed by atoms with Crippen LogP contribution in [0.15, 0.2) is 9.98 Å². The minimum absolute atomic E-state index is 0.286. The summed E-state index contributed by atoms with van der Waals surface area (Å²) in [6.07, 6.45) is 1.66. The maximum absolute atomic E-state index is 5.44. The van der Waals surface area contributed by atoms with E-state index in [1.54, 1.807) is 0 Å². The van der Waals surface area contributed by atoms with Crippen LogP contribution in [-0.4, -0.2) is 37.1 Å². The third-order valence-corrected chi connectivity index (χ3v) is 2.40. The molecular formula is C10H16N2O2. The third-order valence-electron chi connectivity index (χ3n) is 2.40. The van der Waals surface area contributed by atoms with Crippen LogP contribution in [0.3, 0.4) is 0 Å². The van der Waals surface area contributed by atoms with Gasteiger partial charge in [0.25, 0.3) is 0 Å². The van der Waals surface area contributed by atoms with Gasteiger partial charge in [-0.3, -0.25) is 0 Å². The van der Waals surface area contributed by atoms with Gasteiger partial charge in [0, 0.05) is 0 Å². The van der Waals surface area contributed by atoms with E-state index >= 15 is 0 Å². The van der Waals surface area contributed by atoms with E-state index < -0.39 is 0 Å². The minimum Gasteiger partial charge on any atom is -0.478 e. The van der Waals surface area contributed by atoms with Crippen LogP contribution in [0.4, 0.5) is 0 Å². The maximum Gasteiger partial charge on any atom is 0.193 e. The molecule has 2 aliphatic rings. The van der Waals surface area contributed by atoms with Gasteiger partial charge in [-0.2, -0.15) is 0 Å². The smallest absolute Gasteiger partial charge is 0.193 e. The maximum atomic E-state index is 5.44. The topological polar surface area (TPSA) is 43.2 Å². The average Bonchev–Trinajstić information content (AvgIpc) is 2.76. The summed E-state index contributed by atoms with van der Waals surface area (Å²) >= 11 is 0. The number of aliphatic imine (C=N–C) groups is 2. The predicted molar refractivity (Wildman–Crippen MR) is 54.9 cm³/mol. The molecule has 0 spiro atoms. The SMILES string of the molecule is CCC1COC(CC2=NC(C)CO2)=N1. The molecule has 2 rings (SSSR count). The highest BCUT2D eigenvalue weighted by Crippen LogP contribution is 2.13. The van der Waals surface area contributed by atoms with Gasteiger partial charge in [0.15, 0.2) is 11.8 Å². The Labute approximate surface area is 84.0 Å². The zero-order valence-corrected chi connectivity index (χ0v) is 8.69. The highest BCUT2D eigenvalue weighted by Gasteiger charge is 2.22. The van der Waals surface area contributed by atoms with Crippen molar-refractivity contribution in [2.75, 3.05) is 13.2 Å².